The topological polar surface area (TPSA) is 44.4 Å². The molecule has 0 aromatic heterocycles. The van der Waals surface area contributed by atoms with Crippen LogP contribution in [0.25, 0.3) is 0 Å². The van der Waals surface area contributed by atoms with E-state index in [1.165, 1.54) is 5.56 Å². The Morgan fingerprint density at radius 1 is 0.815 bits per heavy atom. The number of hydrogen-bond acceptors (Lipinski definition) is 3. The van der Waals surface area contributed by atoms with Gasteiger partial charge < -0.3 is 15.5 Å². The lowest BCUT2D eigenvalue weighted by Crippen LogP contribution is -2.15. The van der Waals surface area contributed by atoms with E-state index in [0.717, 1.165) is 30.0 Å². The normalized spacial score (nSPS) is 10.6. The van der Waals surface area contributed by atoms with Gasteiger partial charge in [-0.2, -0.15) is 0 Å². The number of para-hydroxylation sites is 2. The van der Waals surface area contributed by atoms with E-state index in [4.69, 9.17) is 0 Å². The number of carbonyl (C=O) groups excluding carboxylic acids is 1. The number of benzene rings is 3. The Morgan fingerprint density at radius 3 is 2.19 bits per heavy atom. The Kier molecular flexibility index (Phi) is 6.23. The van der Waals surface area contributed by atoms with Gasteiger partial charge in [0, 0.05) is 17.9 Å². The molecule has 3 rings (SSSR count). The van der Waals surface area contributed by atoms with E-state index < -0.39 is 0 Å². The molecular weight excluding hydrogens is 334 g/mol. The molecule has 4 heteroatoms. The van der Waals surface area contributed by atoms with Crippen LogP contribution >= 0.6 is 0 Å². The van der Waals surface area contributed by atoms with Crippen LogP contribution in [0.1, 0.15) is 15.9 Å². The van der Waals surface area contributed by atoms with Crippen molar-refractivity contribution in [1.29, 1.82) is 0 Å². The van der Waals surface area contributed by atoms with E-state index in [-0.39, 0.29) is 5.91 Å². The van der Waals surface area contributed by atoms with Crippen molar-refractivity contribution in [3.8, 4) is 0 Å². The molecule has 4 nitrogen and oxygen atoms in total. The summed E-state index contributed by atoms with van der Waals surface area (Å²) < 4.78 is 0. The first-order valence-electron chi connectivity index (χ1n) is 9.08. The van der Waals surface area contributed by atoms with Crippen molar-refractivity contribution in [2.24, 2.45) is 0 Å². The van der Waals surface area contributed by atoms with Gasteiger partial charge in [-0.15, -0.1) is 0 Å². The lowest BCUT2D eigenvalue weighted by atomic mass is 10.1. The average molecular weight is 359 g/mol. The molecule has 0 saturated heterocycles. The molecule has 0 unspecified atom stereocenters. The van der Waals surface area contributed by atoms with Crippen LogP contribution < -0.4 is 10.6 Å². The predicted octanol–water partition coefficient (Wildman–Crippen LogP) is 4.79. The van der Waals surface area contributed by atoms with Gasteiger partial charge in [0.15, 0.2) is 0 Å². The van der Waals surface area contributed by atoms with Gasteiger partial charge in [-0.3, -0.25) is 4.79 Å². The third-order valence-electron chi connectivity index (χ3n) is 4.28. The number of rotatable bonds is 7. The fourth-order valence-corrected chi connectivity index (χ4v) is 2.77. The van der Waals surface area contributed by atoms with Crippen molar-refractivity contribution in [2.45, 2.75) is 6.42 Å². The zero-order valence-corrected chi connectivity index (χ0v) is 15.8. The van der Waals surface area contributed by atoms with Crippen LogP contribution in [0.2, 0.25) is 0 Å². The lowest BCUT2D eigenvalue weighted by Gasteiger charge is -2.13. The zero-order valence-electron chi connectivity index (χ0n) is 15.8. The largest absolute Gasteiger partial charge is 0.355 e. The Balaban J connectivity index is 1.69. The van der Waals surface area contributed by atoms with Gasteiger partial charge >= 0.3 is 0 Å². The Bertz CT molecular complexity index is 874. The molecule has 0 saturated carbocycles. The number of nitrogens with zero attached hydrogens (tertiary/aromatic N) is 1. The van der Waals surface area contributed by atoms with E-state index in [1.807, 2.05) is 66.7 Å². The highest BCUT2D eigenvalue weighted by atomic mass is 16.1. The first-order chi connectivity index (χ1) is 13.1. The molecule has 2 N–H and O–H groups in total. The van der Waals surface area contributed by atoms with Crippen molar-refractivity contribution < 1.29 is 4.79 Å². The van der Waals surface area contributed by atoms with Gasteiger partial charge in [-0.1, -0.05) is 42.5 Å². The molecule has 0 atom stereocenters. The predicted molar refractivity (Wildman–Crippen MR) is 113 cm³/mol. The molecule has 1 amide bonds. The summed E-state index contributed by atoms with van der Waals surface area (Å²) in [6, 6.07) is 25.4. The second-order valence-electron chi connectivity index (χ2n) is 6.74. The molecule has 3 aromatic carbocycles. The number of carbonyl (C=O) groups is 1. The molecule has 27 heavy (non-hydrogen) atoms. The Labute approximate surface area is 160 Å². The molecule has 0 spiro atoms. The van der Waals surface area contributed by atoms with Crippen molar-refractivity contribution in [1.82, 2.24) is 4.90 Å². The maximum atomic E-state index is 12.8. The van der Waals surface area contributed by atoms with Crippen LogP contribution in [-0.4, -0.2) is 31.4 Å². The van der Waals surface area contributed by atoms with Crippen molar-refractivity contribution in [3.63, 3.8) is 0 Å². The SMILES string of the molecule is CN(C)CCc1ccc(NC(=O)c2ccccc2Nc2ccccc2)cc1. The first kappa shape index (κ1) is 18.7. The minimum Gasteiger partial charge on any atom is -0.355 e. The second-order valence-corrected chi connectivity index (χ2v) is 6.74. The smallest absolute Gasteiger partial charge is 0.257 e. The van der Waals surface area contributed by atoms with Gasteiger partial charge in [0.25, 0.3) is 5.91 Å². The maximum Gasteiger partial charge on any atom is 0.257 e. The monoisotopic (exact) mass is 359 g/mol. The lowest BCUT2D eigenvalue weighted by molar-refractivity contribution is 0.102. The Hall–Kier alpha value is -3.11. The third kappa shape index (κ3) is 5.43. The Morgan fingerprint density at radius 2 is 1.48 bits per heavy atom. The standard InChI is InChI=1S/C23H25N3O/c1-26(2)17-16-18-12-14-20(15-13-18)25-23(27)21-10-6-7-11-22(21)24-19-8-4-3-5-9-19/h3-15,24H,16-17H2,1-2H3,(H,25,27). The van der Waals surface area contributed by atoms with E-state index >= 15 is 0 Å². The van der Waals surface area contributed by atoms with Crippen LogP contribution in [0.3, 0.4) is 0 Å². The minimum atomic E-state index is -0.130. The van der Waals surface area contributed by atoms with Crippen LogP contribution in [0.15, 0.2) is 78.9 Å². The fraction of sp³-hybridized carbons (Fsp3) is 0.174. The van der Waals surface area contributed by atoms with E-state index in [2.05, 4.69) is 41.8 Å². The van der Waals surface area contributed by atoms with E-state index in [9.17, 15) is 4.79 Å². The summed E-state index contributed by atoms with van der Waals surface area (Å²) in [5.41, 5.74) is 4.39. The van der Waals surface area contributed by atoms with Crippen LogP contribution in [0.4, 0.5) is 17.1 Å². The summed E-state index contributed by atoms with van der Waals surface area (Å²) in [6.45, 7) is 1.00. The van der Waals surface area contributed by atoms with E-state index in [1.54, 1.807) is 0 Å². The van der Waals surface area contributed by atoms with E-state index in [0.29, 0.717) is 5.56 Å². The summed E-state index contributed by atoms with van der Waals surface area (Å²) in [4.78, 5) is 14.9. The minimum absolute atomic E-state index is 0.130. The highest BCUT2D eigenvalue weighted by molar-refractivity contribution is 6.08. The number of nitrogens with one attached hydrogen (secondary N) is 2. The molecule has 0 heterocycles. The molecule has 0 radical (unpaired) electrons. The molecule has 0 bridgehead atoms. The summed E-state index contributed by atoms with van der Waals surface area (Å²) >= 11 is 0. The molecule has 0 aliphatic rings. The summed E-state index contributed by atoms with van der Waals surface area (Å²) in [5, 5.41) is 6.30. The summed E-state index contributed by atoms with van der Waals surface area (Å²) in [6.07, 6.45) is 0.991. The average Bonchev–Trinajstić information content (AvgIpc) is 2.68. The third-order valence-corrected chi connectivity index (χ3v) is 4.28. The quantitative estimate of drug-likeness (QED) is 0.638. The maximum absolute atomic E-state index is 12.8. The highest BCUT2D eigenvalue weighted by Gasteiger charge is 2.11. The fourth-order valence-electron chi connectivity index (χ4n) is 2.77. The molecule has 138 valence electrons. The summed E-state index contributed by atoms with van der Waals surface area (Å²) in [7, 11) is 4.13. The number of anilines is 3. The van der Waals surface area contributed by atoms with Crippen LogP contribution in [-0.2, 0) is 6.42 Å². The number of likely N-dealkylation sites (N-methyl/N-ethyl adjacent to an activating group) is 1. The molecule has 0 fully saturated rings. The summed E-state index contributed by atoms with van der Waals surface area (Å²) in [5.74, 6) is -0.130. The van der Waals surface area contributed by atoms with Gasteiger partial charge in [0.05, 0.1) is 11.3 Å². The zero-order chi connectivity index (χ0) is 19.1. The molecule has 3 aromatic rings. The van der Waals surface area contributed by atoms with Gasteiger partial charge in [0.1, 0.15) is 0 Å². The van der Waals surface area contributed by atoms with Gasteiger partial charge in [-0.25, -0.2) is 0 Å². The van der Waals surface area contributed by atoms with Crippen LogP contribution in [0, 0.1) is 0 Å². The van der Waals surface area contributed by atoms with Crippen molar-refractivity contribution in [2.75, 3.05) is 31.3 Å². The van der Waals surface area contributed by atoms with Crippen molar-refractivity contribution in [3.05, 3.63) is 90.0 Å². The highest BCUT2D eigenvalue weighted by Crippen LogP contribution is 2.22. The molecular formula is C23H25N3O. The van der Waals surface area contributed by atoms with Gasteiger partial charge in [0.2, 0.25) is 0 Å². The van der Waals surface area contributed by atoms with Crippen LogP contribution in [0.5, 0.6) is 0 Å². The number of amides is 1. The number of hydrogen-bond donors (Lipinski definition) is 2. The first-order valence-corrected chi connectivity index (χ1v) is 9.08. The van der Waals surface area contributed by atoms with Gasteiger partial charge in [-0.05, 0) is 62.5 Å². The molecule has 0 aliphatic heterocycles. The second kappa shape index (κ2) is 9.01. The molecule has 0 aliphatic carbocycles. The van der Waals surface area contributed by atoms with Crippen molar-refractivity contribution >= 4 is 23.0 Å².